The van der Waals surface area contributed by atoms with Gasteiger partial charge < -0.3 is 0 Å². The molecular formula is C28H22S. The van der Waals surface area contributed by atoms with Gasteiger partial charge in [-0.25, -0.2) is 0 Å². The first-order valence-electron chi connectivity index (χ1n) is 10.1. The molecule has 0 unspecified atom stereocenters. The number of thiol groups is 1. The summed E-state index contributed by atoms with van der Waals surface area (Å²) in [6.07, 6.45) is 0.973. The summed E-state index contributed by atoms with van der Waals surface area (Å²) in [6.45, 7) is 0. The number of benzene rings is 5. The fraction of sp³-hybridized carbons (Fsp3) is 0.0714. The highest BCUT2D eigenvalue weighted by molar-refractivity contribution is 7.80. The molecule has 0 aliphatic carbocycles. The maximum atomic E-state index is 4.46. The van der Waals surface area contributed by atoms with E-state index in [4.69, 9.17) is 0 Å². The van der Waals surface area contributed by atoms with E-state index in [2.05, 4.69) is 116 Å². The van der Waals surface area contributed by atoms with Crippen LogP contribution < -0.4 is 0 Å². The predicted molar refractivity (Wildman–Crippen MR) is 130 cm³/mol. The van der Waals surface area contributed by atoms with Gasteiger partial charge in [-0.15, -0.1) is 0 Å². The van der Waals surface area contributed by atoms with Crippen LogP contribution in [-0.4, -0.2) is 5.75 Å². The lowest BCUT2D eigenvalue weighted by molar-refractivity contribution is 1.17. The van der Waals surface area contributed by atoms with E-state index in [1.807, 2.05) is 0 Å². The molecule has 0 atom stereocenters. The molecule has 1 heteroatoms. The number of hydrogen-bond donors (Lipinski definition) is 1. The maximum absolute atomic E-state index is 4.46. The number of rotatable bonds is 4. The van der Waals surface area contributed by atoms with Crippen LogP contribution in [0.5, 0.6) is 0 Å². The zero-order valence-corrected chi connectivity index (χ0v) is 17.1. The van der Waals surface area contributed by atoms with Gasteiger partial charge >= 0.3 is 0 Å². The van der Waals surface area contributed by atoms with Gasteiger partial charge in [0, 0.05) is 0 Å². The zero-order chi connectivity index (χ0) is 19.6. The zero-order valence-electron chi connectivity index (χ0n) is 16.2. The summed E-state index contributed by atoms with van der Waals surface area (Å²) < 4.78 is 0. The topological polar surface area (TPSA) is 0 Å². The molecule has 0 amide bonds. The van der Waals surface area contributed by atoms with Crippen molar-refractivity contribution in [3.63, 3.8) is 0 Å². The van der Waals surface area contributed by atoms with E-state index in [9.17, 15) is 0 Å². The molecule has 0 N–H and O–H groups in total. The van der Waals surface area contributed by atoms with Crippen molar-refractivity contribution in [3.8, 4) is 22.3 Å². The van der Waals surface area contributed by atoms with Gasteiger partial charge in [-0.1, -0.05) is 103 Å². The average molecular weight is 391 g/mol. The van der Waals surface area contributed by atoms with Crippen LogP contribution in [0.15, 0.2) is 103 Å². The van der Waals surface area contributed by atoms with Gasteiger partial charge in [0.25, 0.3) is 0 Å². The Morgan fingerprint density at radius 1 is 0.483 bits per heavy atom. The van der Waals surface area contributed by atoms with Crippen LogP contribution in [0.2, 0.25) is 0 Å². The van der Waals surface area contributed by atoms with Gasteiger partial charge in [-0.05, 0) is 61.5 Å². The summed E-state index contributed by atoms with van der Waals surface area (Å²) in [4.78, 5) is 0. The highest BCUT2D eigenvalue weighted by atomic mass is 32.1. The van der Waals surface area contributed by atoms with E-state index in [1.165, 1.54) is 49.4 Å². The molecule has 0 saturated heterocycles. The molecule has 140 valence electrons. The van der Waals surface area contributed by atoms with Gasteiger partial charge in [0.15, 0.2) is 0 Å². The van der Waals surface area contributed by atoms with Crippen molar-refractivity contribution in [1.29, 1.82) is 0 Å². The van der Waals surface area contributed by atoms with Crippen molar-refractivity contribution in [2.24, 2.45) is 0 Å². The molecule has 5 aromatic carbocycles. The molecule has 0 radical (unpaired) electrons. The smallest absolute Gasteiger partial charge is 0.00263 e. The van der Waals surface area contributed by atoms with E-state index in [-0.39, 0.29) is 0 Å². The third kappa shape index (κ3) is 3.22. The minimum Gasteiger partial charge on any atom is -0.179 e. The second-order valence-electron chi connectivity index (χ2n) is 7.38. The lowest BCUT2D eigenvalue weighted by Crippen LogP contribution is -1.93. The monoisotopic (exact) mass is 390 g/mol. The lowest BCUT2D eigenvalue weighted by Gasteiger charge is -2.18. The third-order valence-corrected chi connectivity index (χ3v) is 5.84. The standard InChI is InChI=1S/C28H22S/c29-18-17-20-15-16-25-26(19-20)28(22-11-5-2-6-12-22)24-14-8-7-13-23(24)27(25)21-9-3-1-4-10-21/h1-16,19,29H,17-18H2. The Kier molecular flexibility index (Phi) is 4.83. The van der Waals surface area contributed by atoms with E-state index in [0.29, 0.717) is 0 Å². The first kappa shape index (κ1) is 18.0. The second-order valence-corrected chi connectivity index (χ2v) is 7.83. The fourth-order valence-electron chi connectivity index (χ4n) is 4.34. The number of hydrogen-bond acceptors (Lipinski definition) is 1. The van der Waals surface area contributed by atoms with Crippen molar-refractivity contribution in [1.82, 2.24) is 0 Å². The van der Waals surface area contributed by atoms with Gasteiger partial charge in [0.1, 0.15) is 0 Å². The first-order valence-corrected chi connectivity index (χ1v) is 10.7. The predicted octanol–water partition coefficient (Wildman–Crippen LogP) is 7.80. The minimum absolute atomic E-state index is 0.852. The van der Waals surface area contributed by atoms with Gasteiger partial charge in [-0.2, -0.15) is 12.6 Å². The summed E-state index contributed by atoms with van der Waals surface area (Å²) >= 11 is 4.46. The van der Waals surface area contributed by atoms with Crippen LogP contribution in [-0.2, 0) is 6.42 Å². The quantitative estimate of drug-likeness (QED) is 0.235. The third-order valence-electron chi connectivity index (χ3n) is 5.61. The Morgan fingerprint density at radius 3 is 1.52 bits per heavy atom. The fourth-order valence-corrected chi connectivity index (χ4v) is 4.60. The van der Waals surface area contributed by atoms with Gasteiger partial charge in [0.2, 0.25) is 0 Å². The minimum atomic E-state index is 0.852. The molecule has 0 spiro atoms. The number of aryl methyl sites for hydroxylation is 1. The van der Waals surface area contributed by atoms with Crippen LogP contribution in [0.4, 0.5) is 0 Å². The normalized spacial score (nSPS) is 11.2. The molecule has 0 bridgehead atoms. The van der Waals surface area contributed by atoms with Crippen LogP contribution in [0.25, 0.3) is 43.8 Å². The molecule has 0 nitrogen and oxygen atoms in total. The molecular weight excluding hydrogens is 368 g/mol. The summed E-state index contributed by atoms with van der Waals surface area (Å²) in [5.41, 5.74) is 6.48. The Balaban J connectivity index is 1.98. The van der Waals surface area contributed by atoms with Crippen molar-refractivity contribution in [2.75, 3.05) is 5.75 Å². The summed E-state index contributed by atoms with van der Waals surface area (Å²) in [5.74, 6) is 0.852. The van der Waals surface area contributed by atoms with E-state index >= 15 is 0 Å². The molecule has 29 heavy (non-hydrogen) atoms. The SMILES string of the molecule is SCCc1ccc2c(-c3ccccc3)c3ccccc3c(-c3ccccc3)c2c1. The Morgan fingerprint density at radius 2 is 0.966 bits per heavy atom. The largest absolute Gasteiger partial charge is 0.179 e. The maximum Gasteiger partial charge on any atom is -0.00263 e. The average Bonchev–Trinajstić information content (AvgIpc) is 2.79. The van der Waals surface area contributed by atoms with Crippen molar-refractivity contribution < 1.29 is 0 Å². The Bertz CT molecular complexity index is 1290. The van der Waals surface area contributed by atoms with Crippen molar-refractivity contribution in [3.05, 3.63) is 109 Å². The molecule has 0 aliphatic rings. The van der Waals surface area contributed by atoms with Crippen molar-refractivity contribution in [2.45, 2.75) is 6.42 Å². The first-order chi connectivity index (χ1) is 14.4. The Hall–Kier alpha value is -3.03. The van der Waals surface area contributed by atoms with Crippen LogP contribution >= 0.6 is 12.6 Å². The molecule has 0 aliphatic heterocycles. The molecule has 5 rings (SSSR count). The Labute approximate surface area is 177 Å². The second kappa shape index (κ2) is 7.77. The van der Waals surface area contributed by atoms with E-state index in [1.54, 1.807) is 0 Å². The van der Waals surface area contributed by atoms with Crippen molar-refractivity contribution >= 4 is 34.2 Å². The summed E-state index contributed by atoms with van der Waals surface area (Å²) in [7, 11) is 0. The van der Waals surface area contributed by atoms with Crippen LogP contribution in [0, 0.1) is 0 Å². The van der Waals surface area contributed by atoms with Crippen LogP contribution in [0.1, 0.15) is 5.56 Å². The summed E-state index contributed by atoms with van der Waals surface area (Å²) in [5, 5.41) is 5.21. The highest BCUT2D eigenvalue weighted by Crippen LogP contribution is 2.43. The van der Waals surface area contributed by atoms with E-state index < -0.39 is 0 Å². The van der Waals surface area contributed by atoms with Gasteiger partial charge in [-0.3, -0.25) is 0 Å². The molecule has 5 aromatic rings. The van der Waals surface area contributed by atoms with E-state index in [0.717, 1.165) is 12.2 Å². The lowest BCUT2D eigenvalue weighted by atomic mass is 9.85. The molecule has 0 saturated carbocycles. The molecule has 0 fully saturated rings. The molecule has 0 aromatic heterocycles. The van der Waals surface area contributed by atoms with Gasteiger partial charge in [0.05, 0.1) is 0 Å². The number of fused-ring (bicyclic) bond motifs is 2. The highest BCUT2D eigenvalue weighted by Gasteiger charge is 2.16. The van der Waals surface area contributed by atoms with Crippen LogP contribution in [0.3, 0.4) is 0 Å². The molecule has 0 heterocycles. The summed E-state index contributed by atoms with van der Waals surface area (Å²) in [6, 6.07) is 37.2.